The topological polar surface area (TPSA) is 92.1 Å². The van der Waals surface area contributed by atoms with Crippen LogP contribution in [0.2, 0.25) is 0 Å². The van der Waals surface area contributed by atoms with E-state index >= 15 is 0 Å². The van der Waals surface area contributed by atoms with E-state index in [0.717, 1.165) is 63.2 Å². The first-order chi connectivity index (χ1) is 17.2. The Morgan fingerprint density at radius 1 is 1.19 bits per heavy atom. The third kappa shape index (κ3) is 4.39. The van der Waals surface area contributed by atoms with E-state index in [-0.39, 0.29) is 41.8 Å². The smallest absolute Gasteiger partial charge is 0.366 e. The maximum atomic E-state index is 13.1. The van der Waals surface area contributed by atoms with Gasteiger partial charge in [0.2, 0.25) is 5.91 Å². The van der Waals surface area contributed by atoms with Gasteiger partial charge in [-0.05, 0) is 55.4 Å². The molecule has 2 aromatic rings. The number of piperidine rings is 2. The predicted molar refractivity (Wildman–Crippen MR) is 121 cm³/mol. The van der Waals surface area contributed by atoms with Crippen LogP contribution in [0.4, 0.5) is 18.0 Å². The number of aromatic nitrogens is 3. The molecule has 3 aliphatic heterocycles. The summed E-state index contributed by atoms with van der Waals surface area (Å²) in [5.41, 5.74) is 0.383. The number of amides is 3. The second kappa shape index (κ2) is 8.60. The Hall–Kier alpha value is -2.89. The molecule has 9 nitrogen and oxygen atoms in total. The third-order valence-corrected chi connectivity index (χ3v) is 8.31. The molecular weight excluding hydrogens is 477 g/mol. The van der Waals surface area contributed by atoms with Crippen molar-refractivity contribution in [3.8, 4) is 0 Å². The highest BCUT2D eigenvalue weighted by molar-refractivity contribution is 5.79. The molecule has 6 rings (SSSR count). The number of morpholine rings is 1. The van der Waals surface area contributed by atoms with Crippen LogP contribution < -0.4 is 5.32 Å². The standard InChI is InChI=1S/C24H29F3N6O3/c25-24(26,27)19-8-20-28-11-16(12-33(20)30-19)7-15-9-23(10-15)2-5-31(6-3-23)22(35)32-4-1-18-17(13-32)29-21(34)14-36-18/h8,11-12,15,17-18H,1-7,9-10,13-14H2,(H,29,34)/t17-,18+/m1/s1. The van der Waals surface area contributed by atoms with E-state index in [4.69, 9.17) is 4.74 Å². The molecule has 1 N–H and O–H groups in total. The summed E-state index contributed by atoms with van der Waals surface area (Å²) in [6, 6.07) is 0.858. The van der Waals surface area contributed by atoms with E-state index in [1.54, 1.807) is 12.4 Å². The lowest BCUT2D eigenvalue weighted by Crippen LogP contribution is -2.63. The minimum Gasteiger partial charge on any atom is -0.366 e. The normalized spacial score (nSPS) is 26.6. The number of rotatable bonds is 2. The summed E-state index contributed by atoms with van der Waals surface area (Å²) >= 11 is 0. The van der Waals surface area contributed by atoms with Gasteiger partial charge in [-0.2, -0.15) is 18.3 Å². The highest BCUT2D eigenvalue weighted by Gasteiger charge is 2.47. The Kier molecular flexibility index (Phi) is 5.62. The Bertz CT molecular complexity index is 1170. The van der Waals surface area contributed by atoms with E-state index in [1.165, 1.54) is 4.52 Å². The average molecular weight is 507 g/mol. The van der Waals surface area contributed by atoms with Crippen LogP contribution in [0.3, 0.4) is 0 Å². The summed E-state index contributed by atoms with van der Waals surface area (Å²) in [5, 5.41) is 6.57. The quantitative estimate of drug-likeness (QED) is 0.676. The molecular formula is C24H29F3N6O3. The van der Waals surface area contributed by atoms with Crippen LogP contribution in [0.1, 0.15) is 43.4 Å². The monoisotopic (exact) mass is 506 g/mol. The van der Waals surface area contributed by atoms with Crippen molar-refractivity contribution in [2.45, 2.75) is 56.8 Å². The predicted octanol–water partition coefficient (Wildman–Crippen LogP) is 2.49. The van der Waals surface area contributed by atoms with E-state index in [9.17, 15) is 22.8 Å². The minimum absolute atomic E-state index is 0.0146. The molecule has 0 aromatic carbocycles. The van der Waals surface area contributed by atoms with Gasteiger partial charge in [-0.25, -0.2) is 14.3 Å². The molecule has 3 amide bonds. The molecule has 2 atom stereocenters. The lowest BCUT2D eigenvalue weighted by Gasteiger charge is -2.53. The molecule has 3 saturated heterocycles. The van der Waals surface area contributed by atoms with Gasteiger partial charge in [-0.15, -0.1) is 0 Å². The van der Waals surface area contributed by atoms with Crippen LogP contribution in [0.15, 0.2) is 18.5 Å². The zero-order valence-electron chi connectivity index (χ0n) is 19.8. The maximum Gasteiger partial charge on any atom is 0.435 e. The fraction of sp³-hybridized carbons (Fsp3) is 0.667. The van der Waals surface area contributed by atoms with Crippen molar-refractivity contribution in [3.05, 3.63) is 29.7 Å². The van der Waals surface area contributed by atoms with Crippen molar-refractivity contribution >= 4 is 17.6 Å². The molecule has 0 radical (unpaired) electrons. The number of alkyl halides is 3. The Morgan fingerprint density at radius 3 is 2.72 bits per heavy atom. The number of fused-ring (bicyclic) bond motifs is 2. The van der Waals surface area contributed by atoms with Crippen molar-refractivity contribution in [1.82, 2.24) is 29.7 Å². The van der Waals surface area contributed by atoms with E-state index in [1.807, 2.05) is 9.80 Å². The first-order valence-corrected chi connectivity index (χ1v) is 12.5. The zero-order valence-corrected chi connectivity index (χ0v) is 19.8. The zero-order chi connectivity index (χ0) is 25.1. The van der Waals surface area contributed by atoms with Gasteiger partial charge >= 0.3 is 12.2 Å². The van der Waals surface area contributed by atoms with Crippen molar-refractivity contribution in [1.29, 1.82) is 0 Å². The van der Waals surface area contributed by atoms with Crippen molar-refractivity contribution in [2.75, 3.05) is 32.8 Å². The number of nitrogens with zero attached hydrogens (tertiary/aromatic N) is 5. The number of carbonyl (C=O) groups is 2. The summed E-state index contributed by atoms with van der Waals surface area (Å²) in [6.45, 7) is 2.66. The minimum atomic E-state index is -4.49. The maximum absolute atomic E-state index is 13.1. The van der Waals surface area contributed by atoms with Gasteiger partial charge in [0.05, 0.1) is 12.1 Å². The number of likely N-dealkylation sites (tertiary alicyclic amines) is 2. The van der Waals surface area contributed by atoms with Crippen LogP contribution in [-0.4, -0.2) is 81.3 Å². The number of hydrogen-bond donors (Lipinski definition) is 1. The molecule has 4 aliphatic rings. The number of carbonyl (C=O) groups excluding carboxylic acids is 2. The van der Waals surface area contributed by atoms with Gasteiger partial charge < -0.3 is 19.9 Å². The molecule has 1 aliphatic carbocycles. The highest BCUT2D eigenvalue weighted by Crippen LogP contribution is 2.53. The molecule has 12 heteroatoms. The Morgan fingerprint density at radius 2 is 1.97 bits per heavy atom. The highest BCUT2D eigenvalue weighted by atomic mass is 19.4. The summed E-state index contributed by atoms with van der Waals surface area (Å²) in [7, 11) is 0. The Labute approximate surface area is 206 Å². The van der Waals surface area contributed by atoms with Gasteiger partial charge in [-0.1, -0.05) is 0 Å². The van der Waals surface area contributed by atoms with Crippen molar-refractivity contribution < 1.29 is 27.5 Å². The first-order valence-electron chi connectivity index (χ1n) is 12.5. The lowest BCUT2D eigenvalue weighted by atomic mass is 9.56. The summed E-state index contributed by atoms with van der Waals surface area (Å²) < 4.78 is 45.5. The average Bonchev–Trinajstić information content (AvgIpc) is 3.27. The van der Waals surface area contributed by atoms with Crippen molar-refractivity contribution in [2.24, 2.45) is 11.3 Å². The summed E-state index contributed by atoms with van der Waals surface area (Å²) in [4.78, 5) is 32.7. The second-order valence-corrected chi connectivity index (χ2v) is 10.8. The van der Waals surface area contributed by atoms with Crippen LogP contribution in [0.25, 0.3) is 5.65 Å². The van der Waals surface area contributed by atoms with Crippen LogP contribution >= 0.6 is 0 Å². The van der Waals surface area contributed by atoms with Gasteiger partial charge in [-0.3, -0.25) is 4.79 Å². The summed E-state index contributed by atoms with van der Waals surface area (Å²) in [6.07, 6.45) is 4.30. The molecule has 2 aromatic heterocycles. The second-order valence-electron chi connectivity index (χ2n) is 10.8. The molecule has 194 valence electrons. The number of urea groups is 1. The number of nitrogens with one attached hydrogen (secondary N) is 1. The van der Waals surface area contributed by atoms with Crippen LogP contribution in [0, 0.1) is 11.3 Å². The van der Waals surface area contributed by atoms with Gasteiger partial charge in [0.15, 0.2) is 11.3 Å². The SMILES string of the molecule is O=C1CO[C@H]2CCN(C(=O)N3CCC4(CC3)CC(Cc3cnc5cc(C(F)(F)F)nn5c3)C4)C[C@H]2N1. The third-order valence-electron chi connectivity index (χ3n) is 8.31. The molecule has 36 heavy (non-hydrogen) atoms. The molecule has 0 unspecified atom stereocenters. The van der Waals surface area contributed by atoms with E-state index in [0.29, 0.717) is 19.0 Å². The largest absolute Gasteiger partial charge is 0.435 e. The van der Waals surface area contributed by atoms with Gasteiger partial charge in [0.1, 0.15) is 6.61 Å². The molecule has 1 spiro atoms. The first kappa shape index (κ1) is 23.5. The fourth-order valence-electron chi connectivity index (χ4n) is 6.46. The lowest BCUT2D eigenvalue weighted by molar-refractivity contribution is -0.141. The number of halogens is 3. The van der Waals surface area contributed by atoms with Gasteiger partial charge in [0, 0.05) is 44.6 Å². The van der Waals surface area contributed by atoms with Crippen LogP contribution in [-0.2, 0) is 22.1 Å². The molecule has 1 saturated carbocycles. The van der Waals surface area contributed by atoms with Gasteiger partial charge in [0.25, 0.3) is 0 Å². The van der Waals surface area contributed by atoms with Crippen molar-refractivity contribution in [3.63, 3.8) is 0 Å². The fourth-order valence-corrected chi connectivity index (χ4v) is 6.46. The van der Waals surface area contributed by atoms with E-state index < -0.39 is 11.9 Å². The molecule has 4 fully saturated rings. The molecule has 5 heterocycles. The van der Waals surface area contributed by atoms with E-state index in [2.05, 4.69) is 15.4 Å². The number of hydrogen-bond acceptors (Lipinski definition) is 5. The van der Waals surface area contributed by atoms with Crippen LogP contribution in [0.5, 0.6) is 0 Å². The molecule has 0 bridgehead atoms. The number of ether oxygens (including phenoxy) is 1. The summed E-state index contributed by atoms with van der Waals surface area (Å²) in [5.74, 6) is 0.328. The Balaban J connectivity index is 0.997.